The number of allylic oxidation sites excluding steroid dienone is 2. The fraction of sp³-hybridized carbons (Fsp3) is 0.700. The topological polar surface area (TPSA) is 26.3 Å². The molecule has 1 saturated carbocycles. The van der Waals surface area contributed by atoms with Crippen molar-refractivity contribution in [3.05, 3.63) is 41.5 Å². The van der Waals surface area contributed by atoms with E-state index in [0.717, 1.165) is 24.7 Å². The van der Waals surface area contributed by atoms with E-state index >= 15 is 0 Å². The second kappa shape index (κ2) is 13.9. The SMILES string of the molecule is CCCCCCCC1CC=C(c2ccc(C(=O)O[C@H]3CC[C@H](CCCC)CC3)cc2)CC1. The third kappa shape index (κ3) is 8.09. The Morgan fingerprint density at radius 1 is 0.812 bits per heavy atom. The molecule has 2 nitrogen and oxygen atoms in total. The van der Waals surface area contributed by atoms with Crippen LogP contribution >= 0.6 is 0 Å². The Kier molecular flexibility index (Phi) is 10.9. The zero-order chi connectivity index (χ0) is 22.6. The summed E-state index contributed by atoms with van der Waals surface area (Å²) in [5.74, 6) is 1.56. The minimum absolute atomic E-state index is 0.111. The molecule has 1 unspecified atom stereocenters. The van der Waals surface area contributed by atoms with Crippen molar-refractivity contribution in [2.75, 3.05) is 0 Å². The van der Waals surface area contributed by atoms with E-state index in [9.17, 15) is 4.79 Å². The molecular weight excluding hydrogens is 392 g/mol. The summed E-state index contributed by atoms with van der Waals surface area (Å²) in [6.45, 7) is 4.54. The lowest BCUT2D eigenvalue weighted by Crippen LogP contribution is -2.24. The fourth-order valence-corrected chi connectivity index (χ4v) is 5.52. The van der Waals surface area contributed by atoms with Gasteiger partial charge < -0.3 is 4.74 Å². The molecular formula is C30H46O2. The van der Waals surface area contributed by atoms with Crippen LogP contribution in [0.15, 0.2) is 30.3 Å². The van der Waals surface area contributed by atoms with Gasteiger partial charge in [-0.2, -0.15) is 0 Å². The van der Waals surface area contributed by atoms with E-state index in [0.29, 0.717) is 5.56 Å². The van der Waals surface area contributed by atoms with Gasteiger partial charge in [-0.3, -0.25) is 0 Å². The lowest BCUT2D eigenvalue weighted by atomic mass is 9.83. The van der Waals surface area contributed by atoms with Gasteiger partial charge in [0.05, 0.1) is 5.56 Å². The highest BCUT2D eigenvalue weighted by Crippen LogP contribution is 2.33. The standard InChI is InChI=1S/C30H46O2/c1-3-5-7-8-9-11-25-12-16-26(17-13-25)27-18-20-28(21-19-27)30(31)32-29-22-14-24(15-23-29)10-6-4-2/h16,18-21,24-25,29H,3-15,17,22-23H2,1-2H3/t24-,25?,29-. The molecule has 1 atom stereocenters. The van der Waals surface area contributed by atoms with Gasteiger partial charge >= 0.3 is 5.97 Å². The molecule has 1 aromatic carbocycles. The molecule has 0 heterocycles. The van der Waals surface area contributed by atoms with E-state index in [2.05, 4.69) is 32.1 Å². The Morgan fingerprint density at radius 3 is 2.16 bits per heavy atom. The minimum Gasteiger partial charge on any atom is -0.459 e. The van der Waals surface area contributed by atoms with Gasteiger partial charge in [0.15, 0.2) is 0 Å². The number of carbonyl (C=O) groups excluding carboxylic acids is 1. The van der Waals surface area contributed by atoms with E-state index in [4.69, 9.17) is 4.74 Å². The van der Waals surface area contributed by atoms with Gasteiger partial charge in [0.25, 0.3) is 0 Å². The van der Waals surface area contributed by atoms with Crippen molar-refractivity contribution in [2.45, 2.75) is 123 Å². The molecule has 0 aromatic heterocycles. The van der Waals surface area contributed by atoms with Gasteiger partial charge in [-0.05, 0) is 80.1 Å². The van der Waals surface area contributed by atoms with Crippen LogP contribution in [-0.4, -0.2) is 12.1 Å². The van der Waals surface area contributed by atoms with Crippen LogP contribution in [0.5, 0.6) is 0 Å². The van der Waals surface area contributed by atoms with E-state index in [1.165, 1.54) is 101 Å². The summed E-state index contributed by atoms with van der Waals surface area (Å²) in [6, 6.07) is 8.17. The highest BCUT2D eigenvalue weighted by atomic mass is 16.5. The summed E-state index contributed by atoms with van der Waals surface area (Å²) < 4.78 is 5.84. The average molecular weight is 439 g/mol. The Morgan fingerprint density at radius 2 is 1.50 bits per heavy atom. The van der Waals surface area contributed by atoms with E-state index in [-0.39, 0.29) is 12.1 Å². The molecule has 3 rings (SSSR count). The number of hydrogen-bond acceptors (Lipinski definition) is 2. The van der Waals surface area contributed by atoms with Crippen LogP contribution in [0.3, 0.4) is 0 Å². The first-order chi connectivity index (χ1) is 15.7. The molecule has 1 fully saturated rings. The van der Waals surface area contributed by atoms with Gasteiger partial charge in [0.1, 0.15) is 6.10 Å². The van der Waals surface area contributed by atoms with Crippen LogP contribution < -0.4 is 0 Å². The van der Waals surface area contributed by atoms with Crippen molar-refractivity contribution in [2.24, 2.45) is 11.8 Å². The number of ether oxygens (including phenoxy) is 1. The van der Waals surface area contributed by atoms with Crippen LogP contribution in [-0.2, 0) is 4.74 Å². The molecule has 0 bridgehead atoms. The van der Waals surface area contributed by atoms with Crippen molar-refractivity contribution < 1.29 is 9.53 Å². The maximum absolute atomic E-state index is 12.6. The third-order valence-corrected chi connectivity index (χ3v) is 7.76. The molecule has 2 aliphatic rings. The summed E-state index contributed by atoms with van der Waals surface area (Å²) >= 11 is 0. The molecule has 2 heteroatoms. The van der Waals surface area contributed by atoms with Gasteiger partial charge in [-0.1, -0.05) is 89.8 Å². The fourth-order valence-electron chi connectivity index (χ4n) is 5.52. The predicted octanol–water partition coefficient (Wildman–Crippen LogP) is 9.14. The zero-order valence-electron chi connectivity index (χ0n) is 20.7. The van der Waals surface area contributed by atoms with E-state index in [1.807, 2.05) is 12.1 Å². The van der Waals surface area contributed by atoms with Crippen LogP contribution in [0, 0.1) is 11.8 Å². The monoisotopic (exact) mass is 438 g/mol. The van der Waals surface area contributed by atoms with Crippen molar-refractivity contribution in [1.82, 2.24) is 0 Å². The second-order valence-corrected chi connectivity index (χ2v) is 10.3. The molecule has 178 valence electrons. The molecule has 2 aliphatic carbocycles. The number of unbranched alkanes of at least 4 members (excludes halogenated alkanes) is 5. The Bertz CT molecular complexity index is 694. The molecule has 32 heavy (non-hydrogen) atoms. The molecule has 0 radical (unpaired) electrons. The quantitative estimate of drug-likeness (QED) is 0.240. The average Bonchev–Trinajstić information content (AvgIpc) is 2.84. The maximum atomic E-state index is 12.6. The Hall–Kier alpha value is -1.57. The number of carbonyl (C=O) groups is 1. The Balaban J connectivity index is 1.40. The molecule has 0 aliphatic heterocycles. The molecule has 0 N–H and O–H groups in total. The summed E-state index contributed by atoms with van der Waals surface area (Å²) in [5, 5.41) is 0. The summed E-state index contributed by atoms with van der Waals surface area (Å²) in [6.07, 6.45) is 23.0. The predicted molar refractivity (Wildman–Crippen MR) is 136 cm³/mol. The highest BCUT2D eigenvalue weighted by molar-refractivity contribution is 5.90. The van der Waals surface area contributed by atoms with Crippen molar-refractivity contribution >= 4 is 11.5 Å². The van der Waals surface area contributed by atoms with E-state index < -0.39 is 0 Å². The number of benzene rings is 1. The first-order valence-corrected chi connectivity index (χ1v) is 13.7. The summed E-state index contributed by atoms with van der Waals surface area (Å²) in [4.78, 5) is 12.6. The largest absolute Gasteiger partial charge is 0.459 e. The lowest BCUT2D eigenvalue weighted by molar-refractivity contribution is 0.0161. The maximum Gasteiger partial charge on any atom is 0.338 e. The number of esters is 1. The summed E-state index contributed by atoms with van der Waals surface area (Å²) in [7, 11) is 0. The van der Waals surface area contributed by atoms with Gasteiger partial charge in [-0.15, -0.1) is 0 Å². The van der Waals surface area contributed by atoms with Crippen LogP contribution in [0.4, 0.5) is 0 Å². The normalized spacial score (nSPS) is 23.6. The number of hydrogen-bond donors (Lipinski definition) is 0. The molecule has 0 saturated heterocycles. The number of rotatable bonds is 12. The molecule has 1 aromatic rings. The smallest absolute Gasteiger partial charge is 0.338 e. The van der Waals surface area contributed by atoms with Crippen LogP contribution in [0.2, 0.25) is 0 Å². The molecule has 0 spiro atoms. The Labute approximate surface area is 197 Å². The van der Waals surface area contributed by atoms with Gasteiger partial charge in [0.2, 0.25) is 0 Å². The zero-order valence-corrected chi connectivity index (χ0v) is 20.7. The van der Waals surface area contributed by atoms with Gasteiger partial charge in [0, 0.05) is 0 Å². The minimum atomic E-state index is -0.144. The van der Waals surface area contributed by atoms with Crippen molar-refractivity contribution in [1.29, 1.82) is 0 Å². The first-order valence-electron chi connectivity index (χ1n) is 13.7. The van der Waals surface area contributed by atoms with Crippen LogP contribution in [0.1, 0.15) is 133 Å². The third-order valence-electron chi connectivity index (χ3n) is 7.76. The lowest BCUT2D eigenvalue weighted by Gasteiger charge is -2.28. The van der Waals surface area contributed by atoms with E-state index in [1.54, 1.807) is 0 Å². The highest BCUT2D eigenvalue weighted by Gasteiger charge is 2.24. The second-order valence-electron chi connectivity index (χ2n) is 10.3. The first kappa shape index (κ1) is 25.1. The van der Waals surface area contributed by atoms with Crippen LogP contribution in [0.25, 0.3) is 5.57 Å². The van der Waals surface area contributed by atoms with Gasteiger partial charge in [-0.25, -0.2) is 4.79 Å². The van der Waals surface area contributed by atoms with Crippen molar-refractivity contribution in [3.63, 3.8) is 0 Å². The van der Waals surface area contributed by atoms with Crippen molar-refractivity contribution in [3.8, 4) is 0 Å². The molecule has 0 amide bonds. The summed E-state index contributed by atoms with van der Waals surface area (Å²) in [5.41, 5.74) is 3.43.